The number of hydrogen-bond acceptors (Lipinski definition) is 3. The molecule has 116 valence electrons. The number of nitrogens with zero attached hydrogens (tertiary/aromatic N) is 1. The van der Waals surface area contributed by atoms with E-state index in [4.69, 9.17) is 5.11 Å². The van der Waals surface area contributed by atoms with E-state index in [2.05, 4.69) is 5.32 Å². The number of rotatable bonds is 8. The van der Waals surface area contributed by atoms with Gasteiger partial charge >= 0.3 is 5.97 Å². The van der Waals surface area contributed by atoms with E-state index < -0.39 is 5.97 Å². The van der Waals surface area contributed by atoms with E-state index in [-0.39, 0.29) is 18.4 Å². The Labute approximate surface area is 126 Å². The van der Waals surface area contributed by atoms with Gasteiger partial charge < -0.3 is 10.4 Å². The van der Waals surface area contributed by atoms with Gasteiger partial charge in [0.05, 0.1) is 13.0 Å². The molecular weight excluding hydrogens is 268 g/mol. The second kappa shape index (κ2) is 8.42. The molecule has 0 atom stereocenters. The van der Waals surface area contributed by atoms with Crippen LogP contribution in [-0.2, 0) is 22.6 Å². The van der Waals surface area contributed by atoms with E-state index in [9.17, 15) is 9.59 Å². The lowest BCUT2D eigenvalue weighted by atomic mass is 10.1. The van der Waals surface area contributed by atoms with Crippen LogP contribution >= 0.6 is 0 Å². The standard InChI is InChI=1S/C16H24N2O3/c1-4-18(11-15(19)17-12(2)3)10-14-7-5-13(6-8-14)9-16(20)21/h5-8,12H,4,9-11H2,1-3H3,(H,17,19)(H,20,21). The Bertz CT molecular complexity index is 469. The van der Waals surface area contributed by atoms with Crippen molar-refractivity contribution in [2.75, 3.05) is 13.1 Å². The predicted molar refractivity (Wildman–Crippen MR) is 82.0 cm³/mol. The van der Waals surface area contributed by atoms with Crippen molar-refractivity contribution in [1.29, 1.82) is 0 Å². The van der Waals surface area contributed by atoms with Gasteiger partial charge in [-0.1, -0.05) is 31.2 Å². The number of aliphatic carboxylic acids is 1. The summed E-state index contributed by atoms with van der Waals surface area (Å²) in [5, 5.41) is 11.6. The van der Waals surface area contributed by atoms with Crippen molar-refractivity contribution in [3.8, 4) is 0 Å². The van der Waals surface area contributed by atoms with E-state index in [0.717, 1.165) is 17.7 Å². The van der Waals surface area contributed by atoms with Crippen LogP contribution in [0.3, 0.4) is 0 Å². The lowest BCUT2D eigenvalue weighted by Crippen LogP contribution is -2.39. The summed E-state index contributed by atoms with van der Waals surface area (Å²) in [6.45, 7) is 7.72. The molecule has 0 bridgehead atoms. The molecule has 0 heterocycles. The normalized spacial score (nSPS) is 10.9. The average Bonchev–Trinajstić information content (AvgIpc) is 2.38. The number of carbonyl (C=O) groups is 2. The first-order chi connectivity index (χ1) is 9.90. The predicted octanol–water partition coefficient (Wildman–Crippen LogP) is 1.66. The van der Waals surface area contributed by atoms with Crippen LogP contribution in [0.1, 0.15) is 31.9 Å². The summed E-state index contributed by atoms with van der Waals surface area (Å²) in [6, 6.07) is 7.63. The van der Waals surface area contributed by atoms with Gasteiger partial charge in [0, 0.05) is 12.6 Å². The van der Waals surface area contributed by atoms with Gasteiger partial charge in [0.25, 0.3) is 0 Å². The van der Waals surface area contributed by atoms with Crippen LogP contribution in [0.5, 0.6) is 0 Å². The van der Waals surface area contributed by atoms with Crippen LogP contribution in [0.15, 0.2) is 24.3 Å². The van der Waals surface area contributed by atoms with Crippen molar-refractivity contribution in [3.63, 3.8) is 0 Å². The smallest absolute Gasteiger partial charge is 0.307 e. The summed E-state index contributed by atoms with van der Waals surface area (Å²) in [4.78, 5) is 24.5. The fraction of sp³-hybridized carbons (Fsp3) is 0.500. The molecule has 0 aromatic heterocycles. The zero-order valence-electron chi connectivity index (χ0n) is 12.9. The van der Waals surface area contributed by atoms with Crippen molar-refractivity contribution >= 4 is 11.9 Å². The molecule has 1 rings (SSSR count). The number of amides is 1. The maximum atomic E-state index is 11.8. The largest absolute Gasteiger partial charge is 0.481 e. The molecule has 2 N–H and O–H groups in total. The summed E-state index contributed by atoms with van der Waals surface area (Å²) in [6.07, 6.45) is 0.0363. The zero-order valence-corrected chi connectivity index (χ0v) is 12.9. The second-order valence-electron chi connectivity index (χ2n) is 5.41. The number of hydrogen-bond donors (Lipinski definition) is 2. The molecule has 0 fully saturated rings. The number of carboxylic acids is 1. The lowest BCUT2D eigenvalue weighted by molar-refractivity contribution is -0.136. The number of carboxylic acid groups (broad SMARTS) is 1. The molecule has 21 heavy (non-hydrogen) atoms. The van der Waals surface area contributed by atoms with E-state index in [1.54, 1.807) is 0 Å². The van der Waals surface area contributed by atoms with Crippen molar-refractivity contribution in [1.82, 2.24) is 10.2 Å². The Balaban J connectivity index is 2.56. The highest BCUT2D eigenvalue weighted by Gasteiger charge is 2.10. The third kappa shape index (κ3) is 6.90. The van der Waals surface area contributed by atoms with Gasteiger partial charge in [0.15, 0.2) is 0 Å². The molecule has 0 saturated heterocycles. The van der Waals surface area contributed by atoms with Gasteiger partial charge in [0.2, 0.25) is 5.91 Å². The fourth-order valence-corrected chi connectivity index (χ4v) is 2.05. The van der Waals surface area contributed by atoms with E-state index in [0.29, 0.717) is 13.1 Å². The minimum absolute atomic E-state index is 0.0225. The van der Waals surface area contributed by atoms with Gasteiger partial charge in [-0.25, -0.2) is 0 Å². The monoisotopic (exact) mass is 292 g/mol. The maximum Gasteiger partial charge on any atom is 0.307 e. The topological polar surface area (TPSA) is 69.6 Å². The third-order valence-corrected chi connectivity index (χ3v) is 3.05. The third-order valence-electron chi connectivity index (χ3n) is 3.05. The van der Waals surface area contributed by atoms with Crippen LogP contribution in [0.2, 0.25) is 0 Å². The highest BCUT2D eigenvalue weighted by atomic mass is 16.4. The van der Waals surface area contributed by atoms with Crippen molar-refractivity contribution in [2.24, 2.45) is 0 Å². The zero-order chi connectivity index (χ0) is 15.8. The first-order valence-corrected chi connectivity index (χ1v) is 7.22. The molecule has 5 heteroatoms. The van der Waals surface area contributed by atoms with Crippen LogP contribution in [-0.4, -0.2) is 41.0 Å². The van der Waals surface area contributed by atoms with Crippen molar-refractivity contribution in [3.05, 3.63) is 35.4 Å². The van der Waals surface area contributed by atoms with Crippen LogP contribution in [0.25, 0.3) is 0 Å². The number of benzene rings is 1. The summed E-state index contributed by atoms with van der Waals surface area (Å²) in [5.41, 5.74) is 1.86. The summed E-state index contributed by atoms with van der Waals surface area (Å²) in [5.74, 6) is -0.808. The van der Waals surface area contributed by atoms with Crippen LogP contribution < -0.4 is 5.32 Å². The van der Waals surface area contributed by atoms with Gasteiger partial charge in [-0.2, -0.15) is 0 Å². The molecule has 0 saturated carbocycles. The molecule has 0 spiro atoms. The number of likely N-dealkylation sites (N-methyl/N-ethyl adjacent to an activating group) is 1. The first-order valence-electron chi connectivity index (χ1n) is 7.22. The summed E-state index contributed by atoms with van der Waals surface area (Å²) < 4.78 is 0. The Morgan fingerprint density at radius 3 is 2.24 bits per heavy atom. The molecule has 0 aliphatic rings. The van der Waals surface area contributed by atoms with Crippen LogP contribution in [0, 0.1) is 0 Å². The summed E-state index contributed by atoms with van der Waals surface area (Å²) in [7, 11) is 0. The molecule has 1 amide bonds. The van der Waals surface area contributed by atoms with E-state index >= 15 is 0 Å². The van der Waals surface area contributed by atoms with Gasteiger partial charge in [0.1, 0.15) is 0 Å². The highest BCUT2D eigenvalue weighted by molar-refractivity contribution is 5.78. The van der Waals surface area contributed by atoms with Gasteiger partial charge in [-0.15, -0.1) is 0 Å². The Hall–Kier alpha value is -1.88. The summed E-state index contributed by atoms with van der Waals surface area (Å²) >= 11 is 0. The second-order valence-corrected chi connectivity index (χ2v) is 5.41. The first kappa shape index (κ1) is 17.2. The molecule has 0 aliphatic heterocycles. The fourth-order valence-electron chi connectivity index (χ4n) is 2.05. The maximum absolute atomic E-state index is 11.8. The molecule has 1 aromatic carbocycles. The molecule has 5 nitrogen and oxygen atoms in total. The Morgan fingerprint density at radius 1 is 1.19 bits per heavy atom. The highest BCUT2D eigenvalue weighted by Crippen LogP contribution is 2.08. The quantitative estimate of drug-likeness (QED) is 0.764. The molecule has 0 radical (unpaired) electrons. The molecule has 1 aromatic rings. The minimum atomic E-state index is -0.830. The minimum Gasteiger partial charge on any atom is -0.481 e. The van der Waals surface area contributed by atoms with Crippen molar-refractivity contribution in [2.45, 2.75) is 39.8 Å². The molecule has 0 unspecified atom stereocenters. The van der Waals surface area contributed by atoms with Gasteiger partial charge in [-0.05, 0) is 31.5 Å². The van der Waals surface area contributed by atoms with Crippen molar-refractivity contribution < 1.29 is 14.7 Å². The molecule has 0 aliphatic carbocycles. The van der Waals surface area contributed by atoms with E-state index in [1.807, 2.05) is 49.9 Å². The Morgan fingerprint density at radius 2 is 1.76 bits per heavy atom. The van der Waals surface area contributed by atoms with Crippen LogP contribution in [0.4, 0.5) is 0 Å². The average molecular weight is 292 g/mol. The Kier molecular flexibility index (Phi) is 6.88. The molecular formula is C16H24N2O3. The number of carbonyl (C=O) groups excluding carboxylic acids is 1. The SMILES string of the molecule is CCN(CC(=O)NC(C)C)Cc1ccc(CC(=O)O)cc1. The van der Waals surface area contributed by atoms with E-state index in [1.165, 1.54) is 0 Å². The van der Waals surface area contributed by atoms with Gasteiger partial charge in [-0.3, -0.25) is 14.5 Å². The lowest BCUT2D eigenvalue weighted by Gasteiger charge is -2.20. The number of nitrogens with one attached hydrogen (secondary N) is 1.